The molecule has 0 saturated carbocycles. The maximum atomic E-state index is 11.8. The van der Waals surface area contributed by atoms with Crippen LogP contribution in [-0.2, 0) is 4.79 Å². The molecule has 2 rings (SSSR count). The average molecular weight is 234 g/mol. The lowest BCUT2D eigenvalue weighted by molar-refractivity contribution is -0.118. The Morgan fingerprint density at radius 3 is 2.82 bits per heavy atom. The highest BCUT2D eigenvalue weighted by Gasteiger charge is 2.22. The minimum Gasteiger partial charge on any atom is -0.489 e. The number of carbonyl (C=O) groups excluding carboxylic acids is 1. The molecule has 1 aliphatic rings. The van der Waals surface area contributed by atoms with Crippen LogP contribution in [0.15, 0.2) is 24.3 Å². The third kappa shape index (κ3) is 2.77. The fraction of sp³-hybridized carbons (Fsp3) is 0.462. The Morgan fingerprint density at radius 1 is 1.35 bits per heavy atom. The zero-order chi connectivity index (χ0) is 12.3. The van der Waals surface area contributed by atoms with Gasteiger partial charge in [0.2, 0.25) is 5.91 Å². The summed E-state index contributed by atoms with van der Waals surface area (Å²) in [6.45, 7) is 5.88. The van der Waals surface area contributed by atoms with Gasteiger partial charge in [-0.25, -0.2) is 0 Å². The molecule has 0 atom stereocenters. The molecule has 1 N–H and O–H groups in total. The number of hydrogen-bond donors (Lipinski definition) is 1. The molecule has 1 heterocycles. The van der Waals surface area contributed by atoms with E-state index in [9.17, 15) is 4.79 Å². The molecule has 1 fully saturated rings. The largest absolute Gasteiger partial charge is 0.489 e. The Kier molecular flexibility index (Phi) is 3.64. The predicted molar refractivity (Wildman–Crippen MR) is 67.4 cm³/mol. The molecule has 0 bridgehead atoms. The number of amides is 1. The lowest BCUT2D eigenvalue weighted by Gasteiger charge is -2.29. The molecular formula is C13H18N2O2. The molecular weight excluding hydrogens is 216 g/mol. The van der Waals surface area contributed by atoms with E-state index in [2.05, 4.69) is 5.32 Å². The summed E-state index contributed by atoms with van der Waals surface area (Å²) in [5.74, 6) is 0.869. The maximum absolute atomic E-state index is 11.8. The summed E-state index contributed by atoms with van der Waals surface area (Å²) < 4.78 is 5.73. The molecule has 0 aliphatic carbocycles. The summed E-state index contributed by atoms with van der Waals surface area (Å²) in [4.78, 5) is 13.6. The van der Waals surface area contributed by atoms with Gasteiger partial charge in [-0.1, -0.05) is 12.1 Å². The van der Waals surface area contributed by atoms with Crippen LogP contribution in [0.25, 0.3) is 0 Å². The van der Waals surface area contributed by atoms with Crippen molar-refractivity contribution in [2.75, 3.05) is 24.5 Å². The highest BCUT2D eigenvalue weighted by atomic mass is 16.5. The van der Waals surface area contributed by atoms with Crippen LogP contribution >= 0.6 is 0 Å². The fourth-order valence-electron chi connectivity index (χ4n) is 1.89. The van der Waals surface area contributed by atoms with E-state index in [0.717, 1.165) is 18.0 Å². The summed E-state index contributed by atoms with van der Waals surface area (Å²) in [6.07, 6.45) is 0.106. The van der Waals surface area contributed by atoms with Gasteiger partial charge in [-0.3, -0.25) is 4.79 Å². The Morgan fingerprint density at radius 2 is 2.12 bits per heavy atom. The molecule has 0 aromatic heterocycles. The van der Waals surface area contributed by atoms with Crippen LogP contribution in [0.5, 0.6) is 5.75 Å². The van der Waals surface area contributed by atoms with Crippen LogP contribution in [0.3, 0.4) is 0 Å². The van der Waals surface area contributed by atoms with Crippen LogP contribution < -0.4 is 15.0 Å². The highest BCUT2D eigenvalue weighted by molar-refractivity contribution is 5.96. The van der Waals surface area contributed by atoms with Gasteiger partial charge in [-0.15, -0.1) is 0 Å². The summed E-state index contributed by atoms with van der Waals surface area (Å²) in [5.41, 5.74) is 0.868. The van der Waals surface area contributed by atoms with Crippen LogP contribution in [0, 0.1) is 0 Å². The quantitative estimate of drug-likeness (QED) is 0.859. The molecule has 4 heteroatoms. The number of piperazine rings is 1. The predicted octanol–water partition coefficient (Wildman–Crippen LogP) is 1.41. The zero-order valence-corrected chi connectivity index (χ0v) is 10.3. The number of benzene rings is 1. The number of nitrogens with zero attached hydrogens (tertiary/aromatic N) is 1. The van der Waals surface area contributed by atoms with Crippen molar-refractivity contribution >= 4 is 11.6 Å². The molecule has 1 amide bonds. The van der Waals surface area contributed by atoms with Crippen molar-refractivity contribution in [2.24, 2.45) is 0 Å². The first-order valence-electron chi connectivity index (χ1n) is 5.95. The number of para-hydroxylation sites is 2. The molecule has 1 saturated heterocycles. The molecule has 92 valence electrons. The lowest BCUT2D eigenvalue weighted by atomic mass is 10.2. The van der Waals surface area contributed by atoms with Crippen molar-refractivity contribution in [3.05, 3.63) is 24.3 Å². The SMILES string of the molecule is CC(C)Oc1ccccc1N1CCNCC1=O. The molecule has 0 spiro atoms. The topological polar surface area (TPSA) is 41.6 Å². The minimum absolute atomic E-state index is 0.0936. The number of rotatable bonds is 3. The van der Waals surface area contributed by atoms with E-state index in [1.54, 1.807) is 4.90 Å². The molecule has 4 nitrogen and oxygen atoms in total. The van der Waals surface area contributed by atoms with E-state index in [-0.39, 0.29) is 12.0 Å². The molecule has 17 heavy (non-hydrogen) atoms. The van der Waals surface area contributed by atoms with E-state index >= 15 is 0 Å². The zero-order valence-electron chi connectivity index (χ0n) is 10.3. The van der Waals surface area contributed by atoms with Crippen molar-refractivity contribution in [2.45, 2.75) is 20.0 Å². The van der Waals surface area contributed by atoms with E-state index in [1.165, 1.54) is 0 Å². The van der Waals surface area contributed by atoms with Gasteiger partial charge >= 0.3 is 0 Å². The molecule has 0 radical (unpaired) electrons. The maximum Gasteiger partial charge on any atom is 0.241 e. The van der Waals surface area contributed by atoms with Crippen molar-refractivity contribution in [3.63, 3.8) is 0 Å². The van der Waals surface area contributed by atoms with Crippen molar-refractivity contribution in [1.82, 2.24) is 5.32 Å². The van der Waals surface area contributed by atoms with Gasteiger partial charge in [0.1, 0.15) is 5.75 Å². The van der Waals surface area contributed by atoms with Gasteiger partial charge < -0.3 is 15.0 Å². The number of hydrogen-bond acceptors (Lipinski definition) is 3. The first-order chi connectivity index (χ1) is 8.18. The first-order valence-corrected chi connectivity index (χ1v) is 5.95. The number of carbonyl (C=O) groups is 1. The Hall–Kier alpha value is -1.55. The summed E-state index contributed by atoms with van der Waals surface area (Å²) in [6, 6.07) is 7.69. The molecule has 1 aliphatic heterocycles. The Labute approximate surface area is 102 Å². The number of nitrogens with one attached hydrogen (secondary N) is 1. The van der Waals surface area contributed by atoms with Crippen molar-refractivity contribution < 1.29 is 9.53 Å². The van der Waals surface area contributed by atoms with Crippen LogP contribution in [0.1, 0.15) is 13.8 Å². The first kappa shape index (κ1) is 11.9. The van der Waals surface area contributed by atoms with E-state index < -0.39 is 0 Å². The van der Waals surface area contributed by atoms with Crippen molar-refractivity contribution in [1.29, 1.82) is 0 Å². The summed E-state index contributed by atoms with van der Waals surface area (Å²) in [5, 5.41) is 3.06. The van der Waals surface area contributed by atoms with E-state index in [1.807, 2.05) is 38.1 Å². The van der Waals surface area contributed by atoms with E-state index in [4.69, 9.17) is 4.74 Å². The van der Waals surface area contributed by atoms with Gasteiger partial charge in [0.25, 0.3) is 0 Å². The second kappa shape index (κ2) is 5.19. The summed E-state index contributed by atoms with van der Waals surface area (Å²) >= 11 is 0. The van der Waals surface area contributed by atoms with Crippen LogP contribution in [0.4, 0.5) is 5.69 Å². The highest BCUT2D eigenvalue weighted by Crippen LogP contribution is 2.29. The van der Waals surface area contributed by atoms with Crippen molar-refractivity contribution in [3.8, 4) is 5.75 Å². The standard InChI is InChI=1S/C13H18N2O2/c1-10(2)17-12-6-4-3-5-11(12)15-8-7-14-9-13(15)16/h3-6,10,14H,7-9H2,1-2H3. The fourth-order valence-corrected chi connectivity index (χ4v) is 1.89. The van der Waals surface area contributed by atoms with Gasteiger partial charge in [-0.05, 0) is 26.0 Å². The second-order valence-corrected chi connectivity index (χ2v) is 4.36. The average Bonchev–Trinajstić information content (AvgIpc) is 2.30. The normalized spacial score (nSPS) is 16.4. The van der Waals surface area contributed by atoms with Gasteiger partial charge in [0.15, 0.2) is 0 Å². The lowest BCUT2D eigenvalue weighted by Crippen LogP contribution is -2.48. The van der Waals surface area contributed by atoms with Crippen LogP contribution in [-0.4, -0.2) is 31.6 Å². The molecule has 1 aromatic rings. The second-order valence-electron chi connectivity index (χ2n) is 4.36. The Balaban J connectivity index is 2.26. The van der Waals surface area contributed by atoms with Crippen LogP contribution in [0.2, 0.25) is 0 Å². The third-order valence-electron chi connectivity index (χ3n) is 2.61. The Bertz CT molecular complexity index is 404. The summed E-state index contributed by atoms with van der Waals surface area (Å²) in [7, 11) is 0. The molecule has 1 aromatic carbocycles. The van der Waals surface area contributed by atoms with Gasteiger partial charge in [-0.2, -0.15) is 0 Å². The van der Waals surface area contributed by atoms with Gasteiger partial charge in [0, 0.05) is 13.1 Å². The monoisotopic (exact) mass is 234 g/mol. The minimum atomic E-state index is 0.0936. The third-order valence-corrected chi connectivity index (χ3v) is 2.61. The molecule has 0 unspecified atom stereocenters. The van der Waals surface area contributed by atoms with Gasteiger partial charge in [0.05, 0.1) is 18.3 Å². The van der Waals surface area contributed by atoms with E-state index in [0.29, 0.717) is 13.1 Å². The number of anilines is 1. The number of ether oxygens (including phenoxy) is 1. The smallest absolute Gasteiger partial charge is 0.241 e.